The molecule has 0 spiro atoms. The zero-order valence-electron chi connectivity index (χ0n) is 12.7. The summed E-state index contributed by atoms with van der Waals surface area (Å²) < 4.78 is 5.48. The molecule has 1 atom stereocenters. The van der Waals surface area contributed by atoms with Crippen LogP contribution >= 0.6 is 0 Å². The summed E-state index contributed by atoms with van der Waals surface area (Å²) in [7, 11) is 0. The van der Waals surface area contributed by atoms with Crippen molar-refractivity contribution in [2.45, 2.75) is 32.2 Å². The van der Waals surface area contributed by atoms with E-state index in [0.717, 1.165) is 25.0 Å². The maximum Gasteiger partial charge on any atom is 0.253 e. The van der Waals surface area contributed by atoms with Crippen LogP contribution in [0.3, 0.4) is 0 Å². The molecule has 1 saturated heterocycles. The van der Waals surface area contributed by atoms with Gasteiger partial charge in [0, 0.05) is 12.2 Å². The molecule has 1 heterocycles. The highest BCUT2D eigenvalue weighted by atomic mass is 16.5. The van der Waals surface area contributed by atoms with Crippen LogP contribution in [0.5, 0.6) is 0 Å². The number of rotatable bonds is 2. The Bertz CT molecular complexity index is 578. The van der Waals surface area contributed by atoms with Gasteiger partial charge in [-0.1, -0.05) is 23.5 Å². The monoisotopic (exact) mass is 286 g/mol. The summed E-state index contributed by atoms with van der Waals surface area (Å²) in [5, 5.41) is 3.09. The summed E-state index contributed by atoms with van der Waals surface area (Å²) in [5.74, 6) is 5.67. The fourth-order valence-corrected chi connectivity index (χ4v) is 2.48. The average Bonchev–Trinajstić information content (AvgIpc) is 2.46. The predicted octanol–water partition coefficient (Wildman–Crippen LogP) is 1.60. The number of nitrogens with one attached hydrogen (secondary N) is 1. The number of carbonyl (C=O) groups excluding carboxylic acids is 1. The third-order valence-electron chi connectivity index (χ3n) is 3.60. The van der Waals surface area contributed by atoms with Gasteiger partial charge in [-0.05, 0) is 38.8 Å². The predicted molar refractivity (Wildman–Crippen MR) is 83.0 cm³/mol. The van der Waals surface area contributed by atoms with E-state index in [0.29, 0.717) is 17.7 Å². The van der Waals surface area contributed by atoms with Crippen LogP contribution in [0.4, 0.5) is 0 Å². The molecule has 3 N–H and O–H groups in total. The van der Waals surface area contributed by atoms with Gasteiger partial charge in [0.15, 0.2) is 0 Å². The molecule has 1 aliphatic heterocycles. The normalized spacial score (nSPS) is 21.3. The molecule has 1 aromatic rings. The van der Waals surface area contributed by atoms with Crippen molar-refractivity contribution in [2.75, 3.05) is 19.8 Å². The number of amides is 1. The third kappa shape index (κ3) is 4.07. The first-order chi connectivity index (χ1) is 10.0. The summed E-state index contributed by atoms with van der Waals surface area (Å²) in [6.45, 7) is 5.57. The van der Waals surface area contributed by atoms with Gasteiger partial charge >= 0.3 is 0 Å². The van der Waals surface area contributed by atoms with Crippen molar-refractivity contribution in [3.8, 4) is 11.8 Å². The Morgan fingerprint density at radius 2 is 2.33 bits per heavy atom. The molecule has 1 fully saturated rings. The van der Waals surface area contributed by atoms with Gasteiger partial charge < -0.3 is 15.8 Å². The Morgan fingerprint density at radius 1 is 1.52 bits per heavy atom. The Kier molecular flexibility index (Phi) is 5.00. The second kappa shape index (κ2) is 6.75. The van der Waals surface area contributed by atoms with Crippen molar-refractivity contribution in [3.05, 3.63) is 34.9 Å². The van der Waals surface area contributed by atoms with Crippen molar-refractivity contribution in [3.63, 3.8) is 0 Å². The number of aryl methyl sites for hydroxylation is 1. The lowest BCUT2D eigenvalue weighted by atomic mass is 9.93. The number of benzene rings is 1. The smallest absolute Gasteiger partial charge is 0.253 e. The molecule has 0 radical (unpaired) electrons. The molecule has 2 rings (SSSR count). The van der Waals surface area contributed by atoms with E-state index in [1.54, 1.807) is 0 Å². The lowest BCUT2D eigenvalue weighted by Gasteiger charge is -2.34. The number of ether oxygens (including phenoxy) is 1. The van der Waals surface area contributed by atoms with Gasteiger partial charge in [0.25, 0.3) is 5.91 Å². The molecule has 21 heavy (non-hydrogen) atoms. The molecule has 1 aliphatic rings. The first kappa shape index (κ1) is 15.6. The molecule has 1 unspecified atom stereocenters. The first-order valence-electron chi connectivity index (χ1n) is 7.24. The van der Waals surface area contributed by atoms with E-state index in [-0.39, 0.29) is 18.0 Å². The van der Waals surface area contributed by atoms with Crippen molar-refractivity contribution >= 4 is 5.91 Å². The Balaban J connectivity index is 2.23. The van der Waals surface area contributed by atoms with Gasteiger partial charge in [0.05, 0.1) is 24.3 Å². The first-order valence-corrected chi connectivity index (χ1v) is 7.24. The topological polar surface area (TPSA) is 64.4 Å². The Labute approximate surface area is 126 Å². The standard InChI is InChI=1S/C17H22N2O2/c1-13-6-7-14(5-3-9-18)15(11-13)16(20)19-17(2)8-4-10-21-12-17/h6-7,11H,4,8-10,12,18H2,1-2H3,(H,19,20). The molecule has 1 amide bonds. The van der Waals surface area contributed by atoms with E-state index in [1.807, 2.05) is 32.0 Å². The van der Waals surface area contributed by atoms with E-state index in [1.165, 1.54) is 0 Å². The summed E-state index contributed by atoms with van der Waals surface area (Å²) >= 11 is 0. The molecule has 4 heteroatoms. The van der Waals surface area contributed by atoms with Crippen LogP contribution in [0, 0.1) is 18.8 Å². The summed E-state index contributed by atoms with van der Waals surface area (Å²) in [6.07, 6.45) is 1.89. The van der Waals surface area contributed by atoms with Gasteiger partial charge in [0.1, 0.15) is 0 Å². The lowest BCUT2D eigenvalue weighted by molar-refractivity contribution is 0.0272. The van der Waals surface area contributed by atoms with Crippen LogP contribution in [0.2, 0.25) is 0 Å². The van der Waals surface area contributed by atoms with E-state index >= 15 is 0 Å². The van der Waals surface area contributed by atoms with Crippen LogP contribution in [0.25, 0.3) is 0 Å². The number of hydrogen-bond acceptors (Lipinski definition) is 3. The van der Waals surface area contributed by atoms with Crippen molar-refractivity contribution in [1.82, 2.24) is 5.32 Å². The summed E-state index contributed by atoms with van der Waals surface area (Å²) in [5.41, 5.74) is 7.45. The molecular weight excluding hydrogens is 264 g/mol. The highest BCUT2D eigenvalue weighted by molar-refractivity contribution is 5.97. The van der Waals surface area contributed by atoms with Crippen molar-refractivity contribution < 1.29 is 9.53 Å². The van der Waals surface area contributed by atoms with Gasteiger partial charge in [-0.2, -0.15) is 0 Å². The second-order valence-corrected chi connectivity index (χ2v) is 5.73. The average molecular weight is 286 g/mol. The third-order valence-corrected chi connectivity index (χ3v) is 3.60. The Morgan fingerprint density at radius 3 is 3.00 bits per heavy atom. The van der Waals surface area contributed by atoms with Gasteiger partial charge in [-0.15, -0.1) is 0 Å². The van der Waals surface area contributed by atoms with Crippen molar-refractivity contribution in [2.24, 2.45) is 5.73 Å². The highest BCUT2D eigenvalue weighted by Crippen LogP contribution is 2.20. The number of carbonyl (C=O) groups is 1. The van der Waals surface area contributed by atoms with Crippen LogP contribution in [-0.4, -0.2) is 31.2 Å². The zero-order chi connectivity index (χ0) is 15.3. The maximum absolute atomic E-state index is 12.6. The fourth-order valence-electron chi connectivity index (χ4n) is 2.48. The van der Waals surface area contributed by atoms with Crippen LogP contribution in [0.1, 0.15) is 41.3 Å². The van der Waals surface area contributed by atoms with E-state index in [2.05, 4.69) is 17.2 Å². The number of nitrogens with two attached hydrogens (primary N) is 1. The largest absolute Gasteiger partial charge is 0.379 e. The van der Waals surface area contributed by atoms with Crippen LogP contribution in [0.15, 0.2) is 18.2 Å². The Hall–Kier alpha value is -1.83. The van der Waals surface area contributed by atoms with Gasteiger partial charge in [-0.25, -0.2) is 0 Å². The highest BCUT2D eigenvalue weighted by Gasteiger charge is 2.30. The molecule has 0 saturated carbocycles. The number of hydrogen-bond donors (Lipinski definition) is 2. The van der Waals surface area contributed by atoms with Gasteiger partial charge in [-0.3, -0.25) is 4.79 Å². The quantitative estimate of drug-likeness (QED) is 0.812. The molecular formula is C17H22N2O2. The van der Waals surface area contributed by atoms with Crippen LogP contribution < -0.4 is 11.1 Å². The summed E-state index contributed by atoms with van der Waals surface area (Å²) in [6, 6.07) is 5.68. The molecule has 0 aromatic heterocycles. The minimum atomic E-state index is -0.308. The molecule has 0 bridgehead atoms. The van der Waals surface area contributed by atoms with E-state index in [4.69, 9.17) is 10.5 Å². The van der Waals surface area contributed by atoms with E-state index < -0.39 is 0 Å². The summed E-state index contributed by atoms with van der Waals surface area (Å²) in [4.78, 5) is 12.6. The lowest BCUT2D eigenvalue weighted by Crippen LogP contribution is -2.51. The minimum absolute atomic E-state index is 0.104. The maximum atomic E-state index is 12.6. The van der Waals surface area contributed by atoms with Crippen molar-refractivity contribution in [1.29, 1.82) is 0 Å². The van der Waals surface area contributed by atoms with E-state index in [9.17, 15) is 4.79 Å². The fraction of sp³-hybridized carbons (Fsp3) is 0.471. The molecule has 4 nitrogen and oxygen atoms in total. The van der Waals surface area contributed by atoms with Crippen LogP contribution in [-0.2, 0) is 4.74 Å². The minimum Gasteiger partial charge on any atom is -0.379 e. The molecule has 112 valence electrons. The zero-order valence-corrected chi connectivity index (χ0v) is 12.7. The second-order valence-electron chi connectivity index (χ2n) is 5.73. The SMILES string of the molecule is Cc1ccc(C#CCN)c(C(=O)NC2(C)CCCOC2)c1. The molecule has 0 aliphatic carbocycles. The van der Waals surface area contributed by atoms with Gasteiger partial charge in [0.2, 0.25) is 0 Å². The molecule has 1 aromatic carbocycles.